The number of nitrogens with zero attached hydrogens (tertiary/aromatic N) is 1. The molecule has 1 aromatic heterocycles. The molecule has 0 spiro atoms. The van der Waals surface area contributed by atoms with E-state index in [-0.39, 0.29) is 0 Å². The smallest absolute Gasteiger partial charge is 0.290 e. The Balaban J connectivity index is 3.31. The van der Waals surface area contributed by atoms with E-state index in [1.54, 1.807) is 6.07 Å². The van der Waals surface area contributed by atoms with Crippen LogP contribution in [0.2, 0.25) is 0 Å². The van der Waals surface area contributed by atoms with Crippen LogP contribution < -0.4 is 4.34 Å². The number of hydrogen-bond acceptors (Lipinski definition) is 9. The minimum Gasteiger partial charge on any atom is -0.290 e. The third kappa shape index (κ3) is 4.80. The summed E-state index contributed by atoms with van der Waals surface area (Å²) in [7, 11) is -8.83. The number of rotatable bonds is 9. The first-order chi connectivity index (χ1) is 10.3. The Hall–Kier alpha value is -0.400. The Morgan fingerprint density at radius 2 is 1.05 bits per heavy atom. The SMILES string of the molecule is COP(=O)(OC)OP(=O)(OP(=O)(OC)OC)[n+]1ccccc1. The van der Waals surface area contributed by atoms with Gasteiger partial charge in [0.15, 0.2) is 12.4 Å². The van der Waals surface area contributed by atoms with Gasteiger partial charge < -0.3 is 0 Å². The standard InChI is InChI=1S/C9H17NO9P3/c1-14-21(12,15-2)18-20(11,10-8-6-5-7-9-10)19-22(13,16-3)17-4/h5-9H,1-4H3/q+1. The van der Waals surface area contributed by atoms with E-state index in [1.165, 1.54) is 24.5 Å². The van der Waals surface area contributed by atoms with Crippen molar-refractivity contribution in [2.24, 2.45) is 0 Å². The van der Waals surface area contributed by atoms with Gasteiger partial charge in [0, 0.05) is 40.6 Å². The minimum atomic E-state index is -4.49. The van der Waals surface area contributed by atoms with Crippen LogP contribution in [0.25, 0.3) is 0 Å². The van der Waals surface area contributed by atoms with Gasteiger partial charge in [0.1, 0.15) is 0 Å². The van der Waals surface area contributed by atoms with Gasteiger partial charge in [-0.25, -0.2) is 9.13 Å². The zero-order valence-corrected chi connectivity index (χ0v) is 15.0. The van der Waals surface area contributed by atoms with Crippen molar-refractivity contribution in [3.05, 3.63) is 30.6 Å². The van der Waals surface area contributed by atoms with Crippen molar-refractivity contribution in [2.75, 3.05) is 28.4 Å². The lowest BCUT2D eigenvalue weighted by Gasteiger charge is -2.19. The van der Waals surface area contributed by atoms with Crippen LogP contribution in [0.1, 0.15) is 0 Å². The maximum absolute atomic E-state index is 12.9. The topological polar surface area (TPSA) is 110 Å². The molecule has 0 unspecified atom stereocenters. The van der Waals surface area contributed by atoms with Crippen molar-refractivity contribution < 1.29 is 44.7 Å². The number of pyridine rings is 1. The van der Waals surface area contributed by atoms with Crippen molar-refractivity contribution in [3.63, 3.8) is 0 Å². The Labute approximate surface area is 128 Å². The van der Waals surface area contributed by atoms with E-state index in [0.717, 1.165) is 32.8 Å². The summed E-state index contributed by atoms with van der Waals surface area (Å²) in [5, 5.41) is 0. The van der Waals surface area contributed by atoms with Crippen LogP contribution in [-0.2, 0) is 40.4 Å². The highest BCUT2D eigenvalue weighted by atomic mass is 31.3. The normalized spacial score (nSPS) is 13.3. The molecule has 0 atom stereocenters. The third-order valence-electron chi connectivity index (χ3n) is 2.28. The van der Waals surface area contributed by atoms with E-state index in [4.69, 9.17) is 8.62 Å². The van der Waals surface area contributed by atoms with Crippen LogP contribution in [0.15, 0.2) is 30.6 Å². The van der Waals surface area contributed by atoms with Crippen molar-refractivity contribution in [3.8, 4) is 0 Å². The van der Waals surface area contributed by atoms with E-state index >= 15 is 0 Å². The van der Waals surface area contributed by atoms with E-state index in [9.17, 15) is 13.7 Å². The van der Waals surface area contributed by atoms with E-state index in [2.05, 4.69) is 18.1 Å². The number of phosphoric ester groups is 2. The van der Waals surface area contributed by atoms with Gasteiger partial charge in [-0.3, -0.25) is 18.1 Å². The molecule has 13 heteroatoms. The van der Waals surface area contributed by atoms with Crippen molar-refractivity contribution in [1.82, 2.24) is 0 Å². The molecular weight excluding hydrogens is 359 g/mol. The summed E-state index contributed by atoms with van der Waals surface area (Å²) in [6.45, 7) is 0. The fourth-order valence-electron chi connectivity index (χ4n) is 1.19. The Kier molecular flexibility index (Phi) is 7.08. The lowest BCUT2D eigenvalue weighted by atomic mass is 10.5. The fourth-order valence-corrected chi connectivity index (χ4v) is 6.12. The van der Waals surface area contributed by atoms with Gasteiger partial charge in [0.05, 0.1) is 0 Å². The summed E-state index contributed by atoms with van der Waals surface area (Å²) in [5.74, 6) is 0. The second kappa shape index (κ2) is 7.93. The van der Waals surface area contributed by atoms with E-state index in [0.29, 0.717) is 0 Å². The molecule has 0 saturated carbocycles. The number of aromatic nitrogens is 1. The Bertz CT molecular complexity index is 574. The lowest BCUT2D eigenvalue weighted by Crippen LogP contribution is -2.31. The molecule has 1 heterocycles. The van der Waals surface area contributed by atoms with E-state index in [1.807, 2.05) is 0 Å². The summed E-state index contributed by atoms with van der Waals surface area (Å²) >= 11 is 0. The summed E-state index contributed by atoms with van der Waals surface area (Å²) in [4.78, 5) is 0. The average Bonchev–Trinajstić information content (AvgIpc) is 2.55. The summed E-state index contributed by atoms with van der Waals surface area (Å²) in [5.41, 5.74) is 0. The lowest BCUT2D eigenvalue weighted by molar-refractivity contribution is -0.536. The van der Waals surface area contributed by atoms with Crippen molar-refractivity contribution in [1.29, 1.82) is 0 Å². The molecule has 0 radical (unpaired) electrons. The maximum atomic E-state index is 12.9. The van der Waals surface area contributed by atoms with Gasteiger partial charge in [0.25, 0.3) is 0 Å². The first kappa shape index (κ1) is 19.6. The van der Waals surface area contributed by atoms with Crippen LogP contribution in [0, 0.1) is 0 Å². The molecule has 0 saturated heterocycles. The van der Waals surface area contributed by atoms with Crippen LogP contribution in [0.5, 0.6) is 0 Å². The minimum absolute atomic E-state index is 0.919. The molecule has 0 aromatic carbocycles. The zero-order valence-electron chi connectivity index (χ0n) is 12.3. The maximum Gasteiger partial charge on any atom is 0.631 e. The van der Waals surface area contributed by atoms with Gasteiger partial charge in [-0.2, -0.15) is 13.2 Å². The molecule has 0 bridgehead atoms. The van der Waals surface area contributed by atoms with Crippen LogP contribution in [0.3, 0.4) is 0 Å². The average molecular weight is 376 g/mol. The second-order valence-electron chi connectivity index (χ2n) is 3.51. The first-order valence-electron chi connectivity index (χ1n) is 5.69. The molecule has 126 valence electrons. The first-order valence-corrected chi connectivity index (χ1v) is 10.1. The van der Waals surface area contributed by atoms with Gasteiger partial charge in [-0.1, -0.05) is 6.07 Å². The molecule has 1 aromatic rings. The highest BCUT2D eigenvalue weighted by molar-refractivity contribution is 7.66. The highest BCUT2D eigenvalue weighted by Gasteiger charge is 2.52. The molecule has 0 amide bonds. The molecule has 0 aliphatic rings. The van der Waals surface area contributed by atoms with Crippen LogP contribution in [0.4, 0.5) is 0 Å². The fraction of sp³-hybridized carbons (Fsp3) is 0.444. The highest BCUT2D eigenvalue weighted by Crippen LogP contribution is 2.69. The van der Waals surface area contributed by atoms with Crippen molar-refractivity contribution >= 4 is 23.4 Å². The molecule has 22 heavy (non-hydrogen) atoms. The predicted octanol–water partition coefficient (Wildman–Crippen LogP) is 2.77. The zero-order chi connectivity index (χ0) is 16.9. The third-order valence-corrected chi connectivity index (χ3v) is 8.16. The number of hydrogen-bond donors (Lipinski definition) is 0. The molecule has 10 nitrogen and oxygen atoms in total. The second-order valence-corrected chi connectivity index (χ2v) is 9.47. The summed E-state index contributed by atoms with van der Waals surface area (Å²) in [6, 6.07) is 4.61. The molecule has 1 rings (SSSR count). The molecule has 0 fully saturated rings. The van der Waals surface area contributed by atoms with Gasteiger partial charge in [-0.05, 0) is 0 Å². The molecule has 0 aliphatic carbocycles. The van der Waals surface area contributed by atoms with Gasteiger partial charge in [0.2, 0.25) is 0 Å². The largest absolute Gasteiger partial charge is 0.631 e. The Morgan fingerprint density at radius 3 is 1.36 bits per heavy atom. The quantitative estimate of drug-likeness (QED) is 0.601. The summed E-state index contributed by atoms with van der Waals surface area (Å²) < 4.78 is 66.1. The van der Waals surface area contributed by atoms with Crippen LogP contribution in [-0.4, -0.2) is 28.4 Å². The summed E-state index contributed by atoms with van der Waals surface area (Å²) in [6.07, 6.45) is 2.57. The van der Waals surface area contributed by atoms with Gasteiger partial charge in [-0.15, -0.1) is 4.34 Å². The van der Waals surface area contributed by atoms with E-state index < -0.39 is 23.4 Å². The monoisotopic (exact) mass is 376 g/mol. The molecular formula is C9H17NO9P3+. The molecule has 0 aliphatic heterocycles. The number of phosphoric acid groups is 2. The van der Waals surface area contributed by atoms with Gasteiger partial charge >= 0.3 is 23.4 Å². The molecule has 0 N–H and O–H groups in total. The Morgan fingerprint density at radius 1 is 0.682 bits per heavy atom. The predicted molar refractivity (Wildman–Crippen MR) is 75.1 cm³/mol. The van der Waals surface area contributed by atoms with Crippen molar-refractivity contribution in [2.45, 2.75) is 0 Å². The van der Waals surface area contributed by atoms with Crippen LogP contribution >= 0.6 is 23.4 Å².